The first-order chi connectivity index (χ1) is 9.27. The van der Waals surface area contributed by atoms with Crippen LogP contribution in [0.5, 0.6) is 0 Å². The lowest BCUT2D eigenvalue weighted by molar-refractivity contribution is -0.153. The molecule has 1 amide bonds. The van der Waals surface area contributed by atoms with Crippen molar-refractivity contribution in [3.8, 4) is 0 Å². The SMILES string of the molecule is CC(C)C(C)(CC(=O)NCC(O)c1ccsc1)C(=O)O. The van der Waals surface area contributed by atoms with Crippen molar-refractivity contribution in [1.82, 2.24) is 5.32 Å². The molecule has 0 aromatic carbocycles. The van der Waals surface area contributed by atoms with Gasteiger partial charge in [0.15, 0.2) is 0 Å². The second kappa shape index (κ2) is 6.85. The van der Waals surface area contributed by atoms with Gasteiger partial charge in [-0.2, -0.15) is 11.3 Å². The molecule has 0 radical (unpaired) electrons. The zero-order chi connectivity index (χ0) is 15.3. The Hall–Kier alpha value is -1.40. The molecule has 0 bridgehead atoms. The monoisotopic (exact) mass is 299 g/mol. The number of carbonyl (C=O) groups is 2. The van der Waals surface area contributed by atoms with Gasteiger partial charge < -0.3 is 15.5 Å². The molecule has 5 nitrogen and oxygen atoms in total. The fourth-order valence-corrected chi connectivity index (χ4v) is 2.42. The van der Waals surface area contributed by atoms with E-state index in [9.17, 15) is 19.8 Å². The highest BCUT2D eigenvalue weighted by Gasteiger charge is 2.38. The fraction of sp³-hybridized carbons (Fsp3) is 0.571. The first-order valence-electron chi connectivity index (χ1n) is 6.47. The Kier molecular flexibility index (Phi) is 5.71. The molecule has 2 atom stereocenters. The van der Waals surface area contributed by atoms with E-state index >= 15 is 0 Å². The lowest BCUT2D eigenvalue weighted by Gasteiger charge is -2.28. The number of hydrogen-bond donors (Lipinski definition) is 3. The number of rotatable bonds is 7. The quantitative estimate of drug-likeness (QED) is 0.719. The highest BCUT2D eigenvalue weighted by molar-refractivity contribution is 7.07. The van der Waals surface area contributed by atoms with E-state index in [1.807, 2.05) is 10.8 Å². The van der Waals surface area contributed by atoms with Gasteiger partial charge in [-0.25, -0.2) is 0 Å². The lowest BCUT2D eigenvalue weighted by Crippen LogP contribution is -2.40. The maximum atomic E-state index is 11.9. The number of aliphatic hydroxyl groups is 1. The largest absolute Gasteiger partial charge is 0.481 e. The van der Waals surface area contributed by atoms with Gasteiger partial charge in [0.05, 0.1) is 11.5 Å². The van der Waals surface area contributed by atoms with E-state index in [0.29, 0.717) is 0 Å². The summed E-state index contributed by atoms with van der Waals surface area (Å²) in [6, 6.07) is 1.79. The highest BCUT2D eigenvalue weighted by atomic mass is 32.1. The van der Waals surface area contributed by atoms with E-state index in [1.165, 1.54) is 11.3 Å². The van der Waals surface area contributed by atoms with Crippen LogP contribution in [0.4, 0.5) is 0 Å². The molecule has 1 rings (SSSR count). The second-order valence-electron chi connectivity index (χ2n) is 5.43. The van der Waals surface area contributed by atoms with Crippen molar-refractivity contribution in [1.29, 1.82) is 0 Å². The third-order valence-corrected chi connectivity index (χ3v) is 4.41. The van der Waals surface area contributed by atoms with Crippen LogP contribution in [0.15, 0.2) is 16.8 Å². The van der Waals surface area contributed by atoms with Crippen LogP contribution in [-0.4, -0.2) is 28.6 Å². The van der Waals surface area contributed by atoms with Gasteiger partial charge >= 0.3 is 5.97 Å². The minimum atomic E-state index is -1.10. The number of carboxylic acid groups (broad SMARTS) is 1. The number of aliphatic hydroxyl groups excluding tert-OH is 1. The fourth-order valence-electron chi connectivity index (χ4n) is 1.72. The third-order valence-electron chi connectivity index (χ3n) is 3.71. The number of carboxylic acids is 1. The Labute approximate surface area is 122 Å². The average molecular weight is 299 g/mol. The molecular formula is C14H21NO4S. The van der Waals surface area contributed by atoms with Crippen LogP contribution in [0.2, 0.25) is 0 Å². The second-order valence-corrected chi connectivity index (χ2v) is 6.21. The highest BCUT2D eigenvalue weighted by Crippen LogP contribution is 2.31. The summed E-state index contributed by atoms with van der Waals surface area (Å²) in [4.78, 5) is 23.2. The van der Waals surface area contributed by atoms with Gasteiger partial charge in [0.2, 0.25) is 5.91 Å². The summed E-state index contributed by atoms with van der Waals surface area (Å²) in [7, 11) is 0. The summed E-state index contributed by atoms with van der Waals surface area (Å²) in [5, 5.41) is 25.4. The number of nitrogens with one attached hydrogen (secondary N) is 1. The van der Waals surface area contributed by atoms with E-state index in [1.54, 1.807) is 26.8 Å². The van der Waals surface area contributed by atoms with Crippen LogP contribution < -0.4 is 5.32 Å². The van der Waals surface area contributed by atoms with E-state index < -0.39 is 17.5 Å². The summed E-state index contributed by atoms with van der Waals surface area (Å²) >= 11 is 1.47. The predicted octanol–water partition coefficient (Wildman–Crippen LogP) is 2.03. The third kappa shape index (κ3) is 4.05. The molecule has 1 aromatic rings. The van der Waals surface area contributed by atoms with Crippen molar-refractivity contribution >= 4 is 23.2 Å². The van der Waals surface area contributed by atoms with Gasteiger partial charge in [0.1, 0.15) is 0 Å². The number of amides is 1. The maximum Gasteiger partial charge on any atom is 0.310 e. The van der Waals surface area contributed by atoms with Gasteiger partial charge in [0, 0.05) is 13.0 Å². The number of aliphatic carboxylic acids is 1. The Morgan fingerprint density at radius 3 is 2.55 bits per heavy atom. The van der Waals surface area contributed by atoms with Crippen LogP contribution >= 0.6 is 11.3 Å². The lowest BCUT2D eigenvalue weighted by atomic mass is 9.76. The van der Waals surface area contributed by atoms with Crippen LogP contribution in [0.25, 0.3) is 0 Å². The predicted molar refractivity (Wildman–Crippen MR) is 77.5 cm³/mol. The normalized spacial score (nSPS) is 15.7. The summed E-state index contributed by atoms with van der Waals surface area (Å²) in [5.41, 5.74) is -0.350. The number of hydrogen-bond acceptors (Lipinski definition) is 4. The van der Waals surface area contributed by atoms with Crippen molar-refractivity contribution in [2.45, 2.75) is 33.3 Å². The molecule has 0 aliphatic carbocycles. The molecule has 0 fully saturated rings. The van der Waals surface area contributed by atoms with Gasteiger partial charge in [-0.3, -0.25) is 9.59 Å². The van der Waals surface area contributed by atoms with Crippen LogP contribution in [-0.2, 0) is 9.59 Å². The number of thiophene rings is 1. The molecule has 3 N–H and O–H groups in total. The van der Waals surface area contributed by atoms with Gasteiger partial charge in [-0.05, 0) is 35.2 Å². The molecule has 0 spiro atoms. The minimum absolute atomic E-state index is 0.0867. The average Bonchev–Trinajstić information content (AvgIpc) is 2.89. The first kappa shape index (κ1) is 16.7. The topological polar surface area (TPSA) is 86.6 Å². The Morgan fingerprint density at radius 2 is 2.10 bits per heavy atom. The van der Waals surface area contributed by atoms with Gasteiger partial charge in [-0.15, -0.1) is 0 Å². The van der Waals surface area contributed by atoms with Crippen molar-refractivity contribution in [2.24, 2.45) is 11.3 Å². The van der Waals surface area contributed by atoms with Crippen molar-refractivity contribution in [2.75, 3.05) is 6.54 Å². The molecule has 0 saturated carbocycles. The zero-order valence-electron chi connectivity index (χ0n) is 11.9. The van der Waals surface area contributed by atoms with Crippen molar-refractivity contribution < 1.29 is 19.8 Å². The standard InChI is InChI=1S/C14H21NO4S/c1-9(2)14(3,13(18)19)6-12(17)15-7-11(16)10-4-5-20-8-10/h4-5,8-9,11,16H,6-7H2,1-3H3,(H,15,17)(H,18,19). The molecular weight excluding hydrogens is 278 g/mol. The summed E-state index contributed by atoms with van der Waals surface area (Å²) in [6.07, 6.45) is -0.864. The molecule has 6 heteroatoms. The Balaban J connectivity index is 2.53. The molecule has 0 aliphatic rings. The molecule has 20 heavy (non-hydrogen) atoms. The summed E-state index contributed by atoms with van der Waals surface area (Å²) in [5.74, 6) is -1.51. The smallest absolute Gasteiger partial charge is 0.310 e. The van der Waals surface area contributed by atoms with Crippen molar-refractivity contribution in [3.05, 3.63) is 22.4 Å². The molecule has 0 aliphatic heterocycles. The van der Waals surface area contributed by atoms with E-state index in [2.05, 4.69) is 5.32 Å². The van der Waals surface area contributed by atoms with Crippen LogP contribution in [0.1, 0.15) is 38.9 Å². The first-order valence-corrected chi connectivity index (χ1v) is 7.42. The molecule has 1 heterocycles. The Morgan fingerprint density at radius 1 is 1.45 bits per heavy atom. The molecule has 1 aromatic heterocycles. The molecule has 112 valence electrons. The van der Waals surface area contributed by atoms with Crippen LogP contribution in [0.3, 0.4) is 0 Å². The number of carbonyl (C=O) groups excluding carboxylic acids is 1. The summed E-state index contributed by atoms with van der Waals surface area (Å²) in [6.45, 7) is 5.21. The van der Waals surface area contributed by atoms with E-state index in [0.717, 1.165) is 5.56 Å². The van der Waals surface area contributed by atoms with Crippen LogP contribution in [0, 0.1) is 11.3 Å². The van der Waals surface area contributed by atoms with Gasteiger partial charge in [-0.1, -0.05) is 13.8 Å². The molecule has 0 saturated heterocycles. The van der Waals surface area contributed by atoms with Crippen molar-refractivity contribution in [3.63, 3.8) is 0 Å². The summed E-state index contributed by atoms with van der Waals surface area (Å²) < 4.78 is 0. The minimum Gasteiger partial charge on any atom is -0.481 e. The van der Waals surface area contributed by atoms with E-state index in [4.69, 9.17) is 0 Å². The molecule has 2 unspecified atom stereocenters. The maximum absolute atomic E-state index is 11.9. The Bertz CT molecular complexity index is 458. The van der Waals surface area contributed by atoms with Gasteiger partial charge in [0.25, 0.3) is 0 Å². The zero-order valence-corrected chi connectivity index (χ0v) is 12.7. The van der Waals surface area contributed by atoms with E-state index in [-0.39, 0.29) is 24.8 Å².